The molecule has 3 N–H and O–H groups in total. The van der Waals surface area contributed by atoms with Crippen molar-refractivity contribution in [2.24, 2.45) is 0 Å². The topological polar surface area (TPSA) is 85.2 Å². The van der Waals surface area contributed by atoms with E-state index in [1.54, 1.807) is 42.5 Å². The highest BCUT2D eigenvalue weighted by Crippen LogP contribution is 2.11. The molecule has 5 nitrogen and oxygen atoms in total. The number of urea groups is 1. The summed E-state index contributed by atoms with van der Waals surface area (Å²) in [5.41, 5.74) is 1.95. The first-order valence-electron chi connectivity index (χ1n) is 6.00. The summed E-state index contributed by atoms with van der Waals surface area (Å²) in [4.78, 5) is 11.7. The Hall–Kier alpha value is -3.00. The number of nitrogens with zero attached hydrogens (tertiary/aromatic N) is 1. The third kappa shape index (κ3) is 3.75. The quantitative estimate of drug-likeness (QED) is 0.799. The maximum Gasteiger partial charge on any atom is 0.319 e. The van der Waals surface area contributed by atoms with Gasteiger partial charge in [-0.2, -0.15) is 5.26 Å². The highest BCUT2D eigenvalue weighted by Gasteiger charge is 2.02. The van der Waals surface area contributed by atoms with E-state index in [4.69, 9.17) is 5.26 Å². The van der Waals surface area contributed by atoms with Crippen LogP contribution in [-0.2, 0) is 6.54 Å². The smallest absolute Gasteiger partial charge is 0.319 e. The fourth-order valence-electron chi connectivity index (χ4n) is 1.65. The molecule has 0 saturated carbocycles. The Bertz CT molecular complexity index is 645. The molecule has 0 aliphatic carbocycles. The van der Waals surface area contributed by atoms with Gasteiger partial charge in [0.15, 0.2) is 0 Å². The summed E-state index contributed by atoms with van der Waals surface area (Å²) in [5.74, 6) is 0.164. The molecule has 2 aromatic rings. The van der Waals surface area contributed by atoms with Crippen molar-refractivity contribution in [2.45, 2.75) is 6.54 Å². The van der Waals surface area contributed by atoms with Crippen molar-refractivity contribution >= 4 is 11.7 Å². The first-order chi connectivity index (χ1) is 9.67. The van der Waals surface area contributed by atoms with Gasteiger partial charge in [-0.15, -0.1) is 0 Å². The third-order valence-corrected chi connectivity index (χ3v) is 2.64. The van der Waals surface area contributed by atoms with E-state index in [1.165, 1.54) is 0 Å². The van der Waals surface area contributed by atoms with Crippen LogP contribution in [0.2, 0.25) is 0 Å². The molecule has 0 radical (unpaired) electrons. The molecule has 0 heterocycles. The number of anilines is 1. The average molecular weight is 267 g/mol. The summed E-state index contributed by atoms with van der Waals surface area (Å²) >= 11 is 0. The summed E-state index contributed by atoms with van der Waals surface area (Å²) < 4.78 is 0. The fourth-order valence-corrected chi connectivity index (χ4v) is 1.65. The van der Waals surface area contributed by atoms with Gasteiger partial charge in [0.05, 0.1) is 11.6 Å². The molecule has 2 aromatic carbocycles. The van der Waals surface area contributed by atoms with Crippen LogP contribution in [0, 0.1) is 11.3 Å². The Balaban J connectivity index is 1.87. The molecule has 0 spiro atoms. The van der Waals surface area contributed by atoms with E-state index in [2.05, 4.69) is 10.6 Å². The molecular formula is C15H13N3O2. The summed E-state index contributed by atoms with van der Waals surface area (Å²) in [6, 6.07) is 14.9. The van der Waals surface area contributed by atoms with Crippen LogP contribution in [0.5, 0.6) is 5.75 Å². The van der Waals surface area contributed by atoms with Gasteiger partial charge < -0.3 is 15.7 Å². The van der Waals surface area contributed by atoms with Gasteiger partial charge >= 0.3 is 6.03 Å². The van der Waals surface area contributed by atoms with Gasteiger partial charge in [-0.3, -0.25) is 0 Å². The number of carbonyl (C=O) groups excluding carboxylic acids is 1. The minimum absolute atomic E-state index is 0.164. The lowest BCUT2D eigenvalue weighted by Gasteiger charge is -2.08. The second-order valence-corrected chi connectivity index (χ2v) is 4.17. The van der Waals surface area contributed by atoms with Crippen LogP contribution in [0.15, 0.2) is 48.5 Å². The number of aromatic hydroxyl groups is 1. The SMILES string of the molecule is N#Cc1ccc(NC(=O)NCc2cccc(O)c2)cc1. The number of phenolic OH excluding ortho intramolecular Hbond substituents is 1. The zero-order valence-electron chi connectivity index (χ0n) is 10.6. The maximum absolute atomic E-state index is 11.7. The highest BCUT2D eigenvalue weighted by atomic mass is 16.3. The molecule has 0 aliphatic heterocycles. The monoisotopic (exact) mass is 267 g/mol. The van der Waals surface area contributed by atoms with Crippen LogP contribution in [-0.4, -0.2) is 11.1 Å². The largest absolute Gasteiger partial charge is 0.508 e. The van der Waals surface area contributed by atoms with Crippen LogP contribution >= 0.6 is 0 Å². The molecule has 0 bridgehead atoms. The molecule has 20 heavy (non-hydrogen) atoms. The summed E-state index contributed by atoms with van der Waals surface area (Å²) in [5, 5.41) is 23.3. The van der Waals surface area contributed by atoms with Crippen molar-refractivity contribution in [3.05, 3.63) is 59.7 Å². The number of phenols is 1. The first kappa shape index (κ1) is 13.4. The van der Waals surface area contributed by atoms with Gasteiger partial charge in [-0.1, -0.05) is 12.1 Å². The van der Waals surface area contributed by atoms with Crippen molar-refractivity contribution in [3.8, 4) is 11.8 Å². The molecule has 0 aromatic heterocycles. The van der Waals surface area contributed by atoms with E-state index in [0.29, 0.717) is 17.8 Å². The van der Waals surface area contributed by atoms with Crippen LogP contribution in [0.4, 0.5) is 10.5 Å². The predicted molar refractivity (Wildman–Crippen MR) is 75.1 cm³/mol. The molecule has 0 fully saturated rings. The highest BCUT2D eigenvalue weighted by molar-refractivity contribution is 5.89. The molecule has 2 rings (SSSR count). The normalized spacial score (nSPS) is 9.55. The van der Waals surface area contributed by atoms with E-state index < -0.39 is 0 Å². The van der Waals surface area contributed by atoms with Gasteiger partial charge in [0.25, 0.3) is 0 Å². The van der Waals surface area contributed by atoms with Gasteiger partial charge in [0, 0.05) is 12.2 Å². The minimum atomic E-state index is -0.349. The Labute approximate surface area is 116 Å². The second kappa shape index (κ2) is 6.25. The van der Waals surface area contributed by atoms with Crippen LogP contribution in [0.25, 0.3) is 0 Å². The zero-order valence-corrected chi connectivity index (χ0v) is 10.6. The van der Waals surface area contributed by atoms with Crippen molar-refractivity contribution in [3.63, 3.8) is 0 Å². The lowest BCUT2D eigenvalue weighted by Crippen LogP contribution is -2.28. The Morgan fingerprint density at radius 3 is 2.60 bits per heavy atom. The summed E-state index contributed by atoms with van der Waals surface area (Å²) in [6.45, 7) is 0.316. The summed E-state index contributed by atoms with van der Waals surface area (Å²) in [6.07, 6.45) is 0. The number of nitrogens with one attached hydrogen (secondary N) is 2. The van der Waals surface area contributed by atoms with Gasteiger partial charge in [-0.25, -0.2) is 4.79 Å². The molecule has 0 atom stereocenters. The van der Waals surface area contributed by atoms with E-state index in [1.807, 2.05) is 12.1 Å². The number of nitriles is 1. The predicted octanol–water partition coefficient (Wildman–Crippen LogP) is 2.59. The van der Waals surface area contributed by atoms with Crippen molar-refractivity contribution in [2.75, 3.05) is 5.32 Å². The first-order valence-corrected chi connectivity index (χ1v) is 6.00. The minimum Gasteiger partial charge on any atom is -0.508 e. The number of rotatable bonds is 3. The van der Waals surface area contributed by atoms with E-state index in [-0.39, 0.29) is 11.8 Å². The molecular weight excluding hydrogens is 254 g/mol. The average Bonchev–Trinajstić information content (AvgIpc) is 2.46. The Morgan fingerprint density at radius 1 is 1.20 bits per heavy atom. The Morgan fingerprint density at radius 2 is 1.95 bits per heavy atom. The van der Waals surface area contributed by atoms with E-state index in [9.17, 15) is 9.90 Å². The molecule has 100 valence electrons. The molecule has 0 unspecified atom stereocenters. The number of benzene rings is 2. The van der Waals surface area contributed by atoms with E-state index in [0.717, 1.165) is 5.56 Å². The number of hydrogen-bond acceptors (Lipinski definition) is 3. The Kier molecular flexibility index (Phi) is 4.20. The molecule has 5 heteroatoms. The maximum atomic E-state index is 11.7. The molecule has 0 aliphatic rings. The van der Waals surface area contributed by atoms with Crippen LogP contribution < -0.4 is 10.6 Å². The molecule has 0 saturated heterocycles. The van der Waals surface area contributed by atoms with Gasteiger partial charge in [0.1, 0.15) is 5.75 Å². The summed E-state index contributed by atoms with van der Waals surface area (Å²) in [7, 11) is 0. The van der Waals surface area contributed by atoms with Crippen LogP contribution in [0.3, 0.4) is 0 Å². The van der Waals surface area contributed by atoms with Crippen molar-refractivity contribution in [1.82, 2.24) is 5.32 Å². The number of amides is 2. The van der Waals surface area contributed by atoms with Crippen molar-refractivity contribution < 1.29 is 9.90 Å². The van der Waals surface area contributed by atoms with Gasteiger partial charge in [-0.05, 0) is 42.0 Å². The van der Waals surface area contributed by atoms with E-state index >= 15 is 0 Å². The lowest BCUT2D eigenvalue weighted by molar-refractivity contribution is 0.251. The van der Waals surface area contributed by atoms with Gasteiger partial charge in [0.2, 0.25) is 0 Å². The second-order valence-electron chi connectivity index (χ2n) is 4.17. The fraction of sp³-hybridized carbons (Fsp3) is 0.0667. The van der Waals surface area contributed by atoms with Crippen LogP contribution in [0.1, 0.15) is 11.1 Å². The van der Waals surface area contributed by atoms with Crippen molar-refractivity contribution in [1.29, 1.82) is 5.26 Å². The number of hydrogen-bond donors (Lipinski definition) is 3. The third-order valence-electron chi connectivity index (χ3n) is 2.64. The number of carbonyl (C=O) groups is 1. The molecule has 2 amide bonds. The zero-order chi connectivity index (χ0) is 14.4. The lowest BCUT2D eigenvalue weighted by atomic mass is 10.2. The standard InChI is InChI=1S/C15H13N3O2/c16-9-11-4-6-13(7-5-11)18-15(20)17-10-12-2-1-3-14(19)8-12/h1-8,19H,10H2,(H2,17,18,20).